The van der Waals surface area contributed by atoms with E-state index in [1.807, 2.05) is 30.3 Å². The highest BCUT2D eigenvalue weighted by molar-refractivity contribution is 5.95. The summed E-state index contributed by atoms with van der Waals surface area (Å²) in [6.45, 7) is 4.57. The lowest BCUT2D eigenvalue weighted by Gasteiger charge is -2.20. The van der Waals surface area contributed by atoms with Crippen LogP contribution in [-0.4, -0.2) is 10.9 Å². The number of nitrogens with one attached hydrogen (secondary N) is 1. The summed E-state index contributed by atoms with van der Waals surface area (Å²) in [7, 11) is 0. The number of hydrogen-bond acceptors (Lipinski definition) is 2. The Kier molecular flexibility index (Phi) is 5.80. The second-order valence-electron chi connectivity index (χ2n) is 6.48. The third-order valence-corrected chi connectivity index (χ3v) is 4.59. The molecule has 0 aliphatic heterocycles. The van der Waals surface area contributed by atoms with Crippen molar-refractivity contribution in [2.24, 2.45) is 17.6 Å². The van der Waals surface area contributed by atoms with Crippen LogP contribution >= 0.6 is 0 Å². The molecular formula is C20H26N2O. The first kappa shape index (κ1) is 17.1. The Morgan fingerprint density at radius 2 is 1.74 bits per heavy atom. The Morgan fingerprint density at radius 1 is 1.04 bits per heavy atom. The molecule has 2 aromatic carbocycles. The Labute approximate surface area is 138 Å². The van der Waals surface area contributed by atoms with Gasteiger partial charge in [0.15, 0.2) is 0 Å². The van der Waals surface area contributed by atoms with Crippen molar-refractivity contribution < 1.29 is 5.11 Å². The lowest BCUT2D eigenvalue weighted by atomic mass is 9.85. The number of phenols is 1. The van der Waals surface area contributed by atoms with Gasteiger partial charge in [0.1, 0.15) is 11.6 Å². The van der Waals surface area contributed by atoms with Crippen LogP contribution in [0.1, 0.15) is 37.0 Å². The molecule has 0 heterocycles. The molecule has 0 saturated carbocycles. The number of phenolic OH excluding ortho intramolecular Hbond substituents is 1. The molecule has 4 N–H and O–H groups in total. The van der Waals surface area contributed by atoms with Crippen LogP contribution in [0.15, 0.2) is 48.5 Å². The third kappa shape index (κ3) is 5.13. The highest BCUT2D eigenvalue weighted by atomic mass is 16.3. The van der Waals surface area contributed by atoms with Gasteiger partial charge in [-0.1, -0.05) is 44.2 Å². The average molecular weight is 310 g/mol. The summed E-state index contributed by atoms with van der Waals surface area (Å²) in [5.74, 6) is 1.63. The minimum Gasteiger partial charge on any atom is -0.508 e. The van der Waals surface area contributed by atoms with E-state index in [9.17, 15) is 5.11 Å². The topological polar surface area (TPSA) is 70.1 Å². The van der Waals surface area contributed by atoms with Crippen molar-refractivity contribution in [2.45, 2.75) is 33.1 Å². The van der Waals surface area contributed by atoms with E-state index in [-0.39, 0.29) is 5.84 Å². The zero-order chi connectivity index (χ0) is 16.8. The number of nitrogen functional groups attached to an aromatic ring is 1. The molecule has 2 rings (SSSR count). The Morgan fingerprint density at radius 3 is 2.39 bits per heavy atom. The number of nitrogens with two attached hydrogens (primary N) is 1. The monoisotopic (exact) mass is 310 g/mol. The smallest absolute Gasteiger partial charge is 0.122 e. The van der Waals surface area contributed by atoms with Crippen molar-refractivity contribution in [1.29, 1.82) is 5.41 Å². The summed E-state index contributed by atoms with van der Waals surface area (Å²) in [4.78, 5) is 0. The third-order valence-electron chi connectivity index (χ3n) is 4.59. The first-order valence-corrected chi connectivity index (χ1v) is 8.17. The van der Waals surface area contributed by atoms with Gasteiger partial charge < -0.3 is 10.8 Å². The SMILES string of the molecule is CC(CCc1cccc(C(=N)N)c1)C(C)Cc1ccc(O)cc1. The maximum absolute atomic E-state index is 9.35. The first-order valence-electron chi connectivity index (χ1n) is 8.17. The summed E-state index contributed by atoms with van der Waals surface area (Å²) < 4.78 is 0. The van der Waals surface area contributed by atoms with Gasteiger partial charge in [0.2, 0.25) is 0 Å². The molecule has 2 aromatic rings. The van der Waals surface area contributed by atoms with Gasteiger partial charge in [-0.05, 0) is 60.4 Å². The standard InChI is InChI=1S/C20H26N2O/c1-14(15(2)12-17-8-10-19(23)11-9-17)6-7-16-4-3-5-18(13-16)20(21)22/h3-5,8-11,13-15,23H,6-7,12H2,1-2H3,(H3,21,22). The van der Waals surface area contributed by atoms with Crippen molar-refractivity contribution in [3.63, 3.8) is 0 Å². The summed E-state index contributed by atoms with van der Waals surface area (Å²) in [6, 6.07) is 15.5. The van der Waals surface area contributed by atoms with Crippen LogP contribution in [0, 0.1) is 17.2 Å². The van der Waals surface area contributed by atoms with Crippen LogP contribution < -0.4 is 5.73 Å². The predicted molar refractivity (Wildman–Crippen MR) is 95.9 cm³/mol. The number of rotatable bonds is 7. The van der Waals surface area contributed by atoms with E-state index >= 15 is 0 Å². The van der Waals surface area contributed by atoms with Gasteiger partial charge in [-0.3, -0.25) is 5.41 Å². The molecule has 0 aliphatic rings. The lowest BCUT2D eigenvalue weighted by molar-refractivity contribution is 0.362. The second-order valence-corrected chi connectivity index (χ2v) is 6.48. The van der Waals surface area contributed by atoms with Crippen molar-refractivity contribution >= 4 is 5.84 Å². The zero-order valence-corrected chi connectivity index (χ0v) is 13.9. The fourth-order valence-electron chi connectivity index (χ4n) is 2.78. The number of hydrogen-bond donors (Lipinski definition) is 3. The van der Waals surface area contributed by atoms with Gasteiger partial charge >= 0.3 is 0 Å². The molecule has 0 spiro atoms. The van der Waals surface area contributed by atoms with E-state index in [1.54, 1.807) is 12.1 Å². The molecule has 23 heavy (non-hydrogen) atoms. The predicted octanol–water partition coefficient (Wildman–Crippen LogP) is 4.12. The molecule has 0 saturated heterocycles. The quantitative estimate of drug-likeness (QED) is 0.531. The maximum Gasteiger partial charge on any atom is 0.122 e. The van der Waals surface area contributed by atoms with Crippen LogP contribution in [0.4, 0.5) is 0 Å². The van der Waals surface area contributed by atoms with E-state index in [0.29, 0.717) is 17.6 Å². The molecule has 0 radical (unpaired) electrons. The molecule has 0 fully saturated rings. The van der Waals surface area contributed by atoms with E-state index in [2.05, 4.69) is 19.9 Å². The normalized spacial score (nSPS) is 13.5. The Hall–Kier alpha value is -2.29. The molecule has 0 aromatic heterocycles. The molecule has 0 amide bonds. The number of aryl methyl sites for hydroxylation is 1. The molecule has 2 atom stereocenters. The fraction of sp³-hybridized carbons (Fsp3) is 0.350. The minimum atomic E-state index is 0.126. The summed E-state index contributed by atoms with van der Waals surface area (Å²) in [5, 5.41) is 16.9. The van der Waals surface area contributed by atoms with Crippen molar-refractivity contribution in [1.82, 2.24) is 0 Å². The van der Waals surface area contributed by atoms with Crippen LogP contribution in [0.5, 0.6) is 5.75 Å². The summed E-state index contributed by atoms with van der Waals surface area (Å²) in [6.07, 6.45) is 3.14. The van der Waals surface area contributed by atoms with Crippen LogP contribution in [0.2, 0.25) is 0 Å². The van der Waals surface area contributed by atoms with Crippen molar-refractivity contribution in [2.75, 3.05) is 0 Å². The highest BCUT2D eigenvalue weighted by Gasteiger charge is 2.13. The van der Waals surface area contributed by atoms with Gasteiger partial charge in [0.25, 0.3) is 0 Å². The maximum atomic E-state index is 9.35. The zero-order valence-electron chi connectivity index (χ0n) is 13.9. The first-order chi connectivity index (χ1) is 11.0. The largest absolute Gasteiger partial charge is 0.508 e. The molecule has 0 bridgehead atoms. The Bertz CT molecular complexity index is 649. The van der Waals surface area contributed by atoms with E-state index in [0.717, 1.165) is 24.8 Å². The van der Waals surface area contributed by atoms with Gasteiger partial charge in [0, 0.05) is 5.56 Å². The van der Waals surface area contributed by atoms with Crippen LogP contribution in [-0.2, 0) is 12.8 Å². The molecule has 2 unspecified atom stereocenters. The average Bonchev–Trinajstić information content (AvgIpc) is 2.55. The van der Waals surface area contributed by atoms with Crippen LogP contribution in [0.25, 0.3) is 0 Å². The lowest BCUT2D eigenvalue weighted by Crippen LogP contribution is -2.13. The second kappa shape index (κ2) is 7.82. The fourth-order valence-corrected chi connectivity index (χ4v) is 2.78. The van der Waals surface area contributed by atoms with E-state index < -0.39 is 0 Å². The molecule has 3 nitrogen and oxygen atoms in total. The minimum absolute atomic E-state index is 0.126. The molecule has 0 aliphatic carbocycles. The van der Waals surface area contributed by atoms with Gasteiger partial charge in [-0.25, -0.2) is 0 Å². The molecule has 122 valence electrons. The summed E-state index contributed by atoms with van der Waals surface area (Å²) in [5.41, 5.74) is 8.85. The highest BCUT2D eigenvalue weighted by Crippen LogP contribution is 2.23. The number of amidine groups is 1. The van der Waals surface area contributed by atoms with E-state index in [1.165, 1.54) is 11.1 Å². The number of benzene rings is 2. The van der Waals surface area contributed by atoms with Gasteiger partial charge in [-0.15, -0.1) is 0 Å². The van der Waals surface area contributed by atoms with Gasteiger partial charge in [-0.2, -0.15) is 0 Å². The Balaban J connectivity index is 1.88. The van der Waals surface area contributed by atoms with Crippen molar-refractivity contribution in [3.8, 4) is 5.75 Å². The van der Waals surface area contributed by atoms with E-state index in [4.69, 9.17) is 11.1 Å². The van der Waals surface area contributed by atoms with Gasteiger partial charge in [0.05, 0.1) is 0 Å². The number of aromatic hydroxyl groups is 1. The molecular weight excluding hydrogens is 284 g/mol. The van der Waals surface area contributed by atoms with Crippen LogP contribution in [0.3, 0.4) is 0 Å². The summed E-state index contributed by atoms with van der Waals surface area (Å²) >= 11 is 0. The molecule has 3 heteroatoms. The van der Waals surface area contributed by atoms with Crippen molar-refractivity contribution in [3.05, 3.63) is 65.2 Å².